The average molecular weight is 241 g/mol. The zero-order valence-electron chi connectivity index (χ0n) is 10.3. The second-order valence-corrected chi connectivity index (χ2v) is 4.00. The van der Waals surface area contributed by atoms with Crippen LogP contribution < -0.4 is 5.32 Å². The lowest BCUT2D eigenvalue weighted by molar-refractivity contribution is 0.0416. The summed E-state index contributed by atoms with van der Waals surface area (Å²) in [5.41, 5.74) is 0.869. The van der Waals surface area contributed by atoms with Gasteiger partial charge in [-0.1, -0.05) is 12.1 Å². The molecular weight excluding hydrogens is 221 g/mol. The fourth-order valence-electron chi connectivity index (χ4n) is 1.52. The largest absolute Gasteiger partial charge is 0.389 e. The lowest BCUT2D eigenvalue weighted by Gasteiger charge is -2.17. The maximum Gasteiger partial charge on any atom is 0.123 e. The van der Waals surface area contributed by atoms with E-state index in [9.17, 15) is 9.50 Å². The Labute approximate surface area is 102 Å². The van der Waals surface area contributed by atoms with Gasteiger partial charge in [0.15, 0.2) is 0 Å². The predicted octanol–water partition coefficient (Wildman–Crippen LogP) is 1.87. The highest BCUT2D eigenvalue weighted by atomic mass is 19.1. The van der Waals surface area contributed by atoms with E-state index >= 15 is 0 Å². The van der Waals surface area contributed by atoms with E-state index in [1.807, 2.05) is 19.9 Å². The highest BCUT2D eigenvalue weighted by molar-refractivity contribution is 5.19. The molecule has 1 unspecified atom stereocenters. The third-order valence-corrected chi connectivity index (χ3v) is 2.52. The minimum Gasteiger partial charge on any atom is -0.389 e. The fraction of sp³-hybridized carbons (Fsp3) is 0.538. The Balaban J connectivity index is 2.36. The van der Waals surface area contributed by atoms with Crippen LogP contribution in [0.5, 0.6) is 0 Å². The quantitative estimate of drug-likeness (QED) is 0.765. The summed E-state index contributed by atoms with van der Waals surface area (Å²) >= 11 is 0. The van der Waals surface area contributed by atoms with Gasteiger partial charge in [-0.25, -0.2) is 4.39 Å². The van der Waals surface area contributed by atoms with Crippen LogP contribution in [0.15, 0.2) is 24.3 Å². The van der Waals surface area contributed by atoms with Crippen LogP contribution >= 0.6 is 0 Å². The summed E-state index contributed by atoms with van der Waals surface area (Å²) in [6.07, 6.45) is -0.536. The van der Waals surface area contributed by atoms with Gasteiger partial charge in [0.05, 0.1) is 12.7 Å². The van der Waals surface area contributed by atoms with Crippen molar-refractivity contribution in [2.45, 2.75) is 26.0 Å². The van der Waals surface area contributed by atoms with Gasteiger partial charge in [0.1, 0.15) is 5.82 Å². The molecule has 1 aromatic rings. The van der Waals surface area contributed by atoms with Crippen LogP contribution in [0.4, 0.5) is 4.39 Å². The van der Waals surface area contributed by atoms with Crippen LogP contribution in [0.3, 0.4) is 0 Å². The monoisotopic (exact) mass is 241 g/mol. The van der Waals surface area contributed by atoms with E-state index in [-0.39, 0.29) is 11.9 Å². The van der Waals surface area contributed by atoms with E-state index < -0.39 is 6.10 Å². The summed E-state index contributed by atoms with van der Waals surface area (Å²) in [7, 11) is 0. The number of nitrogens with one attached hydrogen (secondary N) is 1. The molecule has 17 heavy (non-hydrogen) atoms. The van der Waals surface area contributed by atoms with E-state index in [0.29, 0.717) is 19.8 Å². The molecule has 1 aromatic carbocycles. The maximum atomic E-state index is 13.0. The molecule has 0 aromatic heterocycles. The molecule has 2 N–H and O–H groups in total. The van der Waals surface area contributed by atoms with Crippen molar-refractivity contribution in [2.75, 3.05) is 19.8 Å². The van der Waals surface area contributed by atoms with Gasteiger partial charge >= 0.3 is 0 Å². The second-order valence-electron chi connectivity index (χ2n) is 4.00. The highest BCUT2D eigenvalue weighted by Crippen LogP contribution is 2.13. The first-order valence-corrected chi connectivity index (χ1v) is 5.88. The number of aliphatic hydroxyl groups excluding tert-OH is 1. The lowest BCUT2D eigenvalue weighted by atomic mass is 10.1. The Morgan fingerprint density at radius 3 is 2.88 bits per heavy atom. The van der Waals surface area contributed by atoms with Gasteiger partial charge in [-0.3, -0.25) is 0 Å². The van der Waals surface area contributed by atoms with Gasteiger partial charge in [-0.2, -0.15) is 0 Å². The van der Waals surface area contributed by atoms with Crippen molar-refractivity contribution in [3.05, 3.63) is 35.6 Å². The highest BCUT2D eigenvalue weighted by Gasteiger charge is 2.09. The summed E-state index contributed by atoms with van der Waals surface area (Å²) in [6, 6.07) is 6.45. The number of benzene rings is 1. The standard InChI is InChI=1S/C13H20FNO2/c1-3-17-9-13(16)8-15-10(2)11-5-4-6-12(14)7-11/h4-7,10,13,15-16H,3,8-9H2,1-2H3/t10-,13?/m1/s1. The maximum absolute atomic E-state index is 13.0. The summed E-state index contributed by atoms with van der Waals surface area (Å²) < 4.78 is 18.1. The Morgan fingerprint density at radius 2 is 2.24 bits per heavy atom. The summed E-state index contributed by atoms with van der Waals surface area (Å²) in [5, 5.41) is 12.7. The molecule has 4 heteroatoms. The van der Waals surface area contributed by atoms with Crippen LogP contribution in [-0.2, 0) is 4.74 Å². The van der Waals surface area contributed by atoms with Gasteiger partial charge in [-0.05, 0) is 31.5 Å². The van der Waals surface area contributed by atoms with Crippen molar-refractivity contribution in [1.29, 1.82) is 0 Å². The van der Waals surface area contributed by atoms with Crippen LogP contribution in [-0.4, -0.2) is 31.0 Å². The second kappa shape index (κ2) is 7.37. The van der Waals surface area contributed by atoms with E-state index in [0.717, 1.165) is 5.56 Å². The predicted molar refractivity (Wildman–Crippen MR) is 65.3 cm³/mol. The van der Waals surface area contributed by atoms with Gasteiger partial charge in [0.2, 0.25) is 0 Å². The lowest BCUT2D eigenvalue weighted by Crippen LogP contribution is -2.32. The minimum absolute atomic E-state index is 0.00183. The molecule has 2 atom stereocenters. The van der Waals surface area contributed by atoms with E-state index in [1.54, 1.807) is 6.07 Å². The Bertz CT molecular complexity index is 333. The molecule has 96 valence electrons. The van der Waals surface area contributed by atoms with Crippen LogP contribution in [0, 0.1) is 5.82 Å². The third kappa shape index (κ3) is 5.26. The molecule has 0 aliphatic carbocycles. The molecule has 0 radical (unpaired) electrons. The Morgan fingerprint density at radius 1 is 1.47 bits per heavy atom. The number of halogens is 1. The van der Waals surface area contributed by atoms with Crippen molar-refractivity contribution >= 4 is 0 Å². The summed E-state index contributed by atoms with van der Waals surface area (Å²) in [6.45, 7) is 5.16. The number of ether oxygens (including phenoxy) is 1. The van der Waals surface area contributed by atoms with Gasteiger partial charge in [0.25, 0.3) is 0 Å². The molecule has 1 rings (SSSR count). The normalized spacial score (nSPS) is 14.6. The Kier molecular flexibility index (Phi) is 6.11. The molecule has 0 fully saturated rings. The van der Waals surface area contributed by atoms with E-state index in [1.165, 1.54) is 12.1 Å². The number of hydrogen-bond donors (Lipinski definition) is 2. The van der Waals surface area contributed by atoms with E-state index in [4.69, 9.17) is 4.74 Å². The van der Waals surface area contributed by atoms with Crippen molar-refractivity contribution in [2.24, 2.45) is 0 Å². The zero-order chi connectivity index (χ0) is 12.7. The smallest absolute Gasteiger partial charge is 0.123 e. The number of aliphatic hydroxyl groups is 1. The molecule has 0 heterocycles. The zero-order valence-corrected chi connectivity index (χ0v) is 10.3. The van der Waals surface area contributed by atoms with Crippen molar-refractivity contribution in [3.8, 4) is 0 Å². The van der Waals surface area contributed by atoms with E-state index in [2.05, 4.69) is 5.32 Å². The van der Waals surface area contributed by atoms with Crippen molar-refractivity contribution in [1.82, 2.24) is 5.32 Å². The molecular formula is C13H20FNO2. The molecule has 0 aliphatic heterocycles. The SMILES string of the molecule is CCOCC(O)CN[C@H](C)c1cccc(F)c1. The van der Waals surface area contributed by atoms with Crippen molar-refractivity contribution < 1.29 is 14.2 Å². The molecule has 0 spiro atoms. The molecule has 0 bridgehead atoms. The topological polar surface area (TPSA) is 41.5 Å². The Hall–Kier alpha value is -0.970. The molecule has 0 saturated carbocycles. The third-order valence-electron chi connectivity index (χ3n) is 2.52. The molecule has 0 aliphatic rings. The van der Waals surface area contributed by atoms with Crippen LogP contribution in [0.1, 0.15) is 25.5 Å². The molecule has 0 saturated heterocycles. The summed E-state index contributed by atoms with van der Waals surface area (Å²) in [5.74, 6) is -0.244. The van der Waals surface area contributed by atoms with Gasteiger partial charge in [0, 0.05) is 19.2 Å². The first-order chi connectivity index (χ1) is 8.13. The number of hydrogen-bond acceptors (Lipinski definition) is 3. The molecule has 0 amide bonds. The van der Waals surface area contributed by atoms with Gasteiger partial charge < -0.3 is 15.2 Å². The van der Waals surface area contributed by atoms with Crippen LogP contribution in [0.25, 0.3) is 0 Å². The first kappa shape index (κ1) is 14.1. The van der Waals surface area contributed by atoms with Crippen molar-refractivity contribution in [3.63, 3.8) is 0 Å². The van der Waals surface area contributed by atoms with Crippen LogP contribution in [0.2, 0.25) is 0 Å². The fourth-order valence-corrected chi connectivity index (χ4v) is 1.52. The molecule has 3 nitrogen and oxygen atoms in total. The van der Waals surface area contributed by atoms with Gasteiger partial charge in [-0.15, -0.1) is 0 Å². The average Bonchev–Trinajstić information content (AvgIpc) is 2.33. The first-order valence-electron chi connectivity index (χ1n) is 5.88. The minimum atomic E-state index is -0.536. The summed E-state index contributed by atoms with van der Waals surface area (Å²) in [4.78, 5) is 0. The number of rotatable bonds is 7.